The Morgan fingerprint density at radius 1 is 1.14 bits per heavy atom. The van der Waals surface area contributed by atoms with Crippen molar-refractivity contribution in [2.45, 2.75) is 32.6 Å². The number of nitrogens with one attached hydrogen (secondary N) is 1. The lowest BCUT2D eigenvalue weighted by Crippen LogP contribution is -3.12. The Morgan fingerprint density at radius 2 is 1.86 bits per heavy atom. The predicted octanol–water partition coefficient (Wildman–Crippen LogP) is 2.64. The second-order valence-electron chi connectivity index (χ2n) is 7.27. The zero-order valence-electron chi connectivity index (χ0n) is 17.1. The first-order chi connectivity index (χ1) is 14.2. The highest BCUT2D eigenvalue weighted by molar-refractivity contribution is 7.71. The number of nitrogens with zero attached hydrogens (tertiary/aromatic N) is 3. The van der Waals surface area contributed by atoms with E-state index < -0.39 is 0 Å². The molecule has 0 spiro atoms. The number of methoxy groups -OCH3 is 2. The first-order valence-electron chi connectivity index (χ1n) is 9.92. The van der Waals surface area contributed by atoms with Crippen LogP contribution in [-0.2, 0) is 19.6 Å². The number of aryl methyl sites for hydroxylation is 1. The Hall–Kier alpha value is -2.64. The van der Waals surface area contributed by atoms with Crippen LogP contribution in [0.1, 0.15) is 29.7 Å². The summed E-state index contributed by atoms with van der Waals surface area (Å²) < 4.78 is 15.8. The number of benzene rings is 2. The molecule has 0 radical (unpaired) electrons. The molecule has 2 aromatic carbocycles. The Morgan fingerprint density at radius 3 is 2.52 bits per heavy atom. The van der Waals surface area contributed by atoms with Crippen LogP contribution in [0.2, 0.25) is 0 Å². The van der Waals surface area contributed by atoms with Crippen molar-refractivity contribution in [3.05, 3.63) is 70.3 Å². The molecule has 0 saturated heterocycles. The fourth-order valence-electron chi connectivity index (χ4n) is 4.20. The minimum absolute atomic E-state index is 0.174. The summed E-state index contributed by atoms with van der Waals surface area (Å²) in [4.78, 5) is 1.41. The molecule has 1 N–H and O–H groups in total. The average Bonchev–Trinajstić information content (AvgIpc) is 3.12. The van der Waals surface area contributed by atoms with E-state index in [1.165, 1.54) is 21.6 Å². The molecule has 1 aromatic heterocycles. The maximum absolute atomic E-state index is 5.61. The van der Waals surface area contributed by atoms with Crippen LogP contribution in [0.4, 0.5) is 0 Å². The van der Waals surface area contributed by atoms with Crippen molar-refractivity contribution in [1.82, 2.24) is 14.3 Å². The van der Waals surface area contributed by atoms with Crippen LogP contribution >= 0.6 is 12.2 Å². The lowest BCUT2D eigenvalue weighted by Gasteiger charge is -2.35. The monoisotopic (exact) mass is 411 g/mol. The minimum atomic E-state index is 0.174. The number of quaternary nitrogens is 1. The van der Waals surface area contributed by atoms with E-state index in [-0.39, 0.29) is 6.04 Å². The summed E-state index contributed by atoms with van der Waals surface area (Å²) >= 11 is 5.61. The van der Waals surface area contributed by atoms with Crippen LogP contribution < -0.4 is 14.4 Å². The SMILES string of the molecule is CCn1cnn(C[NH+]2CCc3cc(OC)c(OC)cc3[C@H]2c2ccccc2)c1=S. The molecule has 0 saturated carbocycles. The number of rotatable bonds is 6. The Bertz CT molecular complexity index is 1040. The molecular formula is C22H27N4O2S+. The van der Waals surface area contributed by atoms with Gasteiger partial charge in [0.2, 0.25) is 4.77 Å². The van der Waals surface area contributed by atoms with Gasteiger partial charge in [-0.2, -0.15) is 9.78 Å². The van der Waals surface area contributed by atoms with E-state index in [2.05, 4.69) is 54.5 Å². The maximum Gasteiger partial charge on any atom is 0.202 e. The number of hydrogen-bond acceptors (Lipinski definition) is 4. The van der Waals surface area contributed by atoms with Gasteiger partial charge in [-0.15, -0.1) is 0 Å². The molecule has 0 aliphatic carbocycles. The summed E-state index contributed by atoms with van der Waals surface area (Å²) in [7, 11) is 3.37. The molecule has 0 fully saturated rings. The Balaban J connectivity index is 1.78. The summed E-state index contributed by atoms with van der Waals surface area (Å²) in [6, 6.07) is 15.1. The molecule has 3 aromatic rings. The van der Waals surface area contributed by atoms with Gasteiger partial charge in [-0.25, -0.2) is 0 Å². The second-order valence-corrected chi connectivity index (χ2v) is 7.63. The molecule has 152 valence electrons. The normalized spacial score (nSPS) is 18.3. The topological polar surface area (TPSA) is 45.7 Å². The number of ether oxygens (including phenoxy) is 2. The largest absolute Gasteiger partial charge is 0.493 e. The second kappa shape index (κ2) is 8.39. The van der Waals surface area contributed by atoms with Gasteiger partial charge in [-0.05, 0) is 36.8 Å². The third kappa shape index (κ3) is 3.68. The van der Waals surface area contributed by atoms with Crippen molar-refractivity contribution < 1.29 is 14.4 Å². The molecule has 2 atom stereocenters. The fourth-order valence-corrected chi connectivity index (χ4v) is 4.49. The molecule has 4 rings (SSSR count). The number of fused-ring (bicyclic) bond motifs is 1. The number of aromatic nitrogens is 3. The van der Waals surface area contributed by atoms with Gasteiger partial charge in [0.25, 0.3) is 0 Å². The van der Waals surface area contributed by atoms with Crippen molar-refractivity contribution in [3.8, 4) is 11.5 Å². The smallest absolute Gasteiger partial charge is 0.202 e. The summed E-state index contributed by atoms with van der Waals surface area (Å²) in [5.41, 5.74) is 3.86. The van der Waals surface area contributed by atoms with Crippen LogP contribution in [0.15, 0.2) is 48.8 Å². The molecule has 7 heteroatoms. The minimum Gasteiger partial charge on any atom is -0.493 e. The highest BCUT2D eigenvalue weighted by Crippen LogP contribution is 2.36. The van der Waals surface area contributed by atoms with Gasteiger partial charge in [-0.1, -0.05) is 30.3 Å². The van der Waals surface area contributed by atoms with E-state index in [0.29, 0.717) is 0 Å². The van der Waals surface area contributed by atoms with E-state index in [4.69, 9.17) is 21.7 Å². The first kappa shape index (κ1) is 19.7. The predicted molar refractivity (Wildman–Crippen MR) is 114 cm³/mol. The highest BCUT2D eigenvalue weighted by atomic mass is 32.1. The summed E-state index contributed by atoms with van der Waals surface area (Å²) in [5.74, 6) is 1.55. The quantitative estimate of drug-likeness (QED) is 0.634. The van der Waals surface area contributed by atoms with Crippen LogP contribution in [0, 0.1) is 4.77 Å². The zero-order chi connectivity index (χ0) is 20.4. The maximum atomic E-state index is 5.61. The van der Waals surface area contributed by atoms with Crippen molar-refractivity contribution in [2.24, 2.45) is 0 Å². The van der Waals surface area contributed by atoms with Crippen molar-refractivity contribution in [1.29, 1.82) is 0 Å². The van der Waals surface area contributed by atoms with Crippen LogP contribution in [0.5, 0.6) is 11.5 Å². The molecule has 1 aliphatic rings. The average molecular weight is 412 g/mol. The van der Waals surface area contributed by atoms with Gasteiger partial charge < -0.3 is 18.9 Å². The van der Waals surface area contributed by atoms with Gasteiger partial charge in [-0.3, -0.25) is 0 Å². The lowest BCUT2D eigenvalue weighted by molar-refractivity contribution is -0.950. The molecule has 1 unspecified atom stereocenters. The van der Waals surface area contributed by atoms with Gasteiger partial charge in [0, 0.05) is 24.1 Å². The molecule has 2 heterocycles. The molecule has 0 bridgehead atoms. The van der Waals surface area contributed by atoms with Crippen molar-refractivity contribution in [2.75, 3.05) is 20.8 Å². The standard InChI is InChI=1S/C22H26N4O2S/c1-4-24-14-23-26(22(24)29)15-25-11-10-17-12-19(27-2)20(28-3)13-18(17)21(25)16-8-6-5-7-9-16/h5-9,12-14,21H,4,10-11,15H2,1-3H3/p+1/t21-/m1/s1. The lowest BCUT2D eigenvalue weighted by atomic mass is 9.88. The van der Waals surface area contributed by atoms with Gasteiger partial charge in [0.15, 0.2) is 18.2 Å². The van der Waals surface area contributed by atoms with Gasteiger partial charge in [0.05, 0.1) is 20.8 Å². The zero-order valence-corrected chi connectivity index (χ0v) is 17.9. The van der Waals surface area contributed by atoms with E-state index in [1.54, 1.807) is 14.2 Å². The van der Waals surface area contributed by atoms with Crippen LogP contribution in [-0.4, -0.2) is 35.1 Å². The third-order valence-corrected chi connectivity index (χ3v) is 6.15. The van der Waals surface area contributed by atoms with E-state index in [1.807, 2.05) is 15.6 Å². The highest BCUT2D eigenvalue weighted by Gasteiger charge is 2.34. The number of hydrogen-bond donors (Lipinski definition) is 1. The fraction of sp³-hybridized carbons (Fsp3) is 0.364. The summed E-state index contributed by atoms with van der Waals surface area (Å²) in [5, 5.41) is 4.54. The molecule has 1 aliphatic heterocycles. The molecule has 29 heavy (non-hydrogen) atoms. The van der Waals surface area contributed by atoms with Gasteiger partial charge >= 0.3 is 0 Å². The van der Waals surface area contributed by atoms with E-state index in [9.17, 15) is 0 Å². The Kier molecular flexibility index (Phi) is 5.69. The third-order valence-electron chi connectivity index (χ3n) is 5.70. The van der Waals surface area contributed by atoms with E-state index >= 15 is 0 Å². The van der Waals surface area contributed by atoms with Crippen molar-refractivity contribution >= 4 is 12.2 Å². The summed E-state index contributed by atoms with van der Waals surface area (Å²) in [6.45, 7) is 4.62. The molecule has 6 nitrogen and oxygen atoms in total. The first-order valence-corrected chi connectivity index (χ1v) is 10.3. The van der Waals surface area contributed by atoms with E-state index in [0.717, 1.165) is 42.4 Å². The van der Waals surface area contributed by atoms with Crippen LogP contribution in [0.25, 0.3) is 0 Å². The molecule has 0 amide bonds. The molecular weight excluding hydrogens is 384 g/mol. The van der Waals surface area contributed by atoms with Crippen LogP contribution in [0.3, 0.4) is 0 Å². The van der Waals surface area contributed by atoms with Gasteiger partial charge in [0.1, 0.15) is 12.4 Å². The summed E-state index contributed by atoms with van der Waals surface area (Å²) in [6.07, 6.45) is 2.79. The Labute approximate surface area is 176 Å². The van der Waals surface area contributed by atoms with Crippen molar-refractivity contribution in [3.63, 3.8) is 0 Å².